The van der Waals surface area contributed by atoms with Gasteiger partial charge in [0.25, 0.3) is 0 Å². The normalized spacial score (nSPS) is 13.5. The van der Waals surface area contributed by atoms with Crippen LogP contribution in [-0.4, -0.2) is 12.5 Å². The number of fused-ring (bicyclic) bond motifs is 1. The Bertz CT molecular complexity index is 387. The van der Waals surface area contributed by atoms with Gasteiger partial charge in [-0.15, -0.1) is 11.6 Å². The van der Waals surface area contributed by atoms with Crippen molar-refractivity contribution < 1.29 is 4.74 Å². The first kappa shape index (κ1) is 9.43. The summed E-state index contributed by atoms with van der Waals surface area (Å²) in [6.45, 7) is 0.833. The van der Waals surface area contributed by atoms with Crippen molar-refractivity contribution in [3.8, 4) is 17.6 Å². The minimum absolute atomic E-state index is 0.383. The molecular formula is C12H11ClO. The molecule has 0 atom stereocenters. The lowest BCUT2D eigenvalue weighted by Crippen LogP contribution is -2.08. The second kappa shape index (κ2) is 4.39. The van der Waals surface area contributed by atoms with Crippen molar-refractivity contribution in [1.82, 2.24) is 0 Å². The minimum atomic E-state index is 0.383. The zero-order valence-corrected chi connectivity index (χ0v) is 8.60. The van der Waals surface area contributed by atoms with E-state index >= 15 is 0 Å². The molecule has 0 fully saturated rings. The molecule has 1 aromatic rings. The zero-order chi connectivity index (χ0) is 9.80. The van der Waals surface area contributed by atoms with Crippen LogP contribution in [0.15, 0.2) is 18.2 Å². The van der Waals surface area contributed by atoms with Gasteiger partial charge in [0.15, 0.2) is 0 Å². The third kappa shape index (κ3) is 2.02. The summed E-state index contributed by atoms with van der Waals surface area (Å²) in [5, 5.41) is 0. The van der Waals surface area contributed by atoms with Crippen LogP contribution >= 0.6 is 11.6 Å². The molecule has 1 aliphatic rings. The third-order valence-electron chi connectivity index (χ3n) is 2.21. The summed E-state index contributed by atoms with van der Waals surface area (Å²) in [5.41, 5.74) is 2.28. The van der Waals surface area contributed by atoms with Gasteiger partial charge in [-0.05, 0) is 36.6 Å². The van der Waals surface area contributed by atoms with Crippen LogP contribution in [0, 0.1) is 11.8 Å². The molecule has 0 spiro atoms. The van der Waals surface area contributed by atoms with Crippen LogP contribution in [0.1, 0.15) is 17.5 Å². The molecule has 0 bridgehead atoms. The fourth-order valence-corrected chi connectivity index (χ4v) is 1.64. The number of rotatable bonds is 0. The van der Waals surface area contributed by atoms with Crippen molar-refractivity contribution in [2.75, 3.05) is 12.5 Å². The minimum Gasteiger partial charge on any atom is -0.493 e. The highest BCUT2D eigenvalue weighted by molar-refractivity contribution is 6.19. The molecule has 0 amide bonds. The summed E-state index contributed by atoms with van der Waals surface area (Å²) in [7, 11) is 0. The van der Waals surface area contributed by atoms with Gasteiger partial charge in [-0.2, -0.15) is 0 Å². The van der Waals surface area contributed by atoms with Crippen LogP contribution in [0.3, 0.4) is 0 Å². The number of hydrogen-bond donors (Lipinski definition) is 0. The summed E-state index contributed by atoms with van der Waals surface area (Å²) in [6.07, 6.45) is 2.19. The van der Waals surface area contributed by atoms with E-state index in [1.54, 1.807) is 0 Å². The summed E-state index contributed by atoms with van der Waals surface area (Å²) in [4.78, 5) is 0. The van der Waals surface area contributed by atoms with E-state index in [-0.39, 0.29) is 0 Å². The lowest BCUT2D eigenvalue weighted by molar-refractivity contribution is 0.288. The monoisotopic (exact) mass is 206 g/mol. The van der Waals surface area contributed by atoms with Gasteiger partial charge in [-0.1, -0.05) is 11.8 Å². The zero-order valence-electron chi connectivity index (χ0n) is 7.85. The van der Waals surface area contributed by atoms with Crippen molar-refractivity contribution in [2.24, 2.45) is 0 Å². The average molecular weight is 207 g/mol. The Kier molecular flexibility index (Phi) is 2.96. The Hall–Kier alpha value is -1.13. The standard InChI is InChI=1S/C12H11ClO/c13-7-1-3-10-5-6-12-11(9-10)4-2-8-14-12/h5-6,9H,2,4,7-8H2. The molecule has 0 saturated heterocycles. The van der Waals surface area contributed by atoms with E-state index in [2.05, 4.69) is 17.9 Å². The van der Waals surface area contributed by atoms with Gasteiger partial charge < -0.3 is 4.74 Å². The van der Waals surface area contributed by atoms with Crippen molar-refractivity contribution in [3.63, 3.8) is 0 Å². The first-order chi connectivity index (χ1) is 6.90. The van der Waals surface area contributed by atoms with Gasteiger partial charge in [-0.25, -0.2) is 0 Å². The second-order valence-corrected chi connectivity index (χ2v) is 3.48. The van der Waals surface area contributed by atoms with E-state index in [1.165, 1.54) is 5.56 Å². The molecule has 0 aliphatic carbocycles. The number of ether oxygens (including phenoxy) is 1. The Morgan fingerprint density at radius 1 is 1.43 bits per heavy atom. The first-order valence-corrected chi connectivity index (χ1v) is 5.24. The van der Waals surface area contributed by atoms with Gasteiger partial charge in [0, 0.05) is 5.56 Å². The number of alkyl halides is 1. The average Bonchev–Trinajstić information content (AvgIpc) is 2.26. The van der Waals surface area contributed by atoms with Gasteiger partial charge in [0.2, 0.25) is 0 Å². The smallest absolute Gasteiger partial charge is 0.122 e. The molecule has 1 nitrogen and oxygen atoms in total. The first-order valence-electron chi connectivity index (χ1n) is 4.71. The molecule has 1 aromatic carbocycles. The summed E-state index contributed by atoms with van der Waals surface area (Å²) >= 11 is 5.50. The van der Waals surface area contributed by atoms with Gasteiger partial charge in [0.1, 0.15) is 5.75 Å². The van der Waals surface area contributed by atoms with Crippen LogP contribution in [0.2, 0.25) is 0 Å². The lowest BCUT2D eigenvalue weighted by Gasteiger charge is -2.16. The van der Waals surface area contributed by atoms with E-state index in [4.69, 9.17) is 16.3 Å². The number of halogens is 1. The SMILES string of the molecule is ClCC#Cc1ccc2c(c1)CCCO2. The van der Waals surface area contributed by atoms with Gasteiger partial charge >= 0.3 is 0 Å². The molecule has 72 valence electrons. The largest absolute Gasteiger partial charge is 0.493 e. The molecule has 2 heteroatoms. The van der Waals surface area contributed by atoms with E-state index in [0.29, 0.717) is 5.88 Å². The highest BCUT2D eigenvalue weighted by Gasteiger charge is 2.09. The molecule has 14 heavy (non-hydrogen) atoms. The van der Waals surface area contributed by atoms with Crippen LogP contribution in [0.25, 0.3) is 0 Å². The van der Waals surface area contributed by atoms with Crippen molar-refractivity contribution >= 4 is 11.6 Å². The molecule has 1 heterocycles. The number of benzene rings is 1. The topological polar surface area (TPSA) is 9.23 Å². The number of hydrogen-bond acceptors (Lipinski definition) is 1. The Labute approximate surface area is 89.0 Å². The van der Waals surface area contributed by atoms with Crippen LogP contribution < -0.4 is 4.74 Å². The maximum Gasteiger partial charge on any atom is 0.122 e. The predicted molar refractivity (Wildman–Crippen MR) is 57.9 cm³/mol. The molecule has 0 unspecified atom stereocenters. The van der Waals surface area contributed by atoms with E-state index < -0.39 is 0 Å². The molecular weight excluding hydrogens is 196 g/mol. The molecule has 2 rings (SSSR count). The van der Waals surface area contributed by atoms with Gasteiger partial charge in [0.05, 0.1) is 12.5 Å². The van der Waals surface area contributed by atoms with E-state index in [1.807, 2.05) is 12.1 Å². The maximum atomic E-state index is 5.51. The Morgan fingerprint density at radius 2 is 2.36 bits per heavy atom. The second-order valence-electron chi connectivity index (χ2n) is 3.21. The van der Waals surface area contributed by atoms with E-state index in [0.717, 1.165) is 30.8 Å². The fourth-order valence-electron chi connectivity index (χ4n) is 1.57. The molecule has 0 radical (unpaired) electrons. The number of aryl methyl sites for hydroxylation is 1. The lowest BCUT2D eigenvalue weighted by atomic mass is 10.0. The van der Waals surface area contributed by atoms with Crippen LogP contribution in [0.4, 0.5) is 0 Å². The Morgan fingerprint density at radius 3 is 3.21 bits per heavy atom. The van der Waals surface area contributed by atoms with E-state index in [9.17, 15) is 0 Å². The summed E-state index contributed by atoms with van der Waals surface area (Å²) in [6, 6.07) is 6.06. The molecule has 0 N–H and O–H groups in total. The molecule has 0 aromatic heterocycles. The quantitative estimate of drug-likeness (QED) is 0.469. The summed E-state index contributed by atoms with van der Waals surface area (Å²) < 4.78 is 5.51. The third-order valence-corrected chi connectivity index (χ3v) is 2.34. The van der Waals surface area contributed by atoms with Crippen molar-refractivity contribution in [2.45, 2.75) is 12.8 Å². The highest BCUT2D eigenvalue weighted by Crippen LogP contribution is 2.25. The Balaban J connectivity index is 2.29. The van der Waals surface area contributed by atoms with Crippen LogP contribution in [-0.2, 0) is 6.42 Å². The van der Waals surface area contributed by atoms with Crippen molar-refractivity contribution in [1.29, 1.82) is 0 Å². The summed E-state index contributed by atoms with van der Waals surface area (Å²) in [5.74, 6) is 7.24. The van der Waals surface area contributed by atoms with Crippen molar-refractivity contribution in [3.05, 3.63) is 29.3 Å². The molecule has 0 saturated carbocycles. The highest BCUT2D eigenvalue weighted by atomic mass is 35.5. The maximum absolute atomic E-state index is 5.51. The van der Waals surface area contributed by atoms with Crippen LogP contribution in [0.5, 0.6) is 5.75 Å². The predicted octanol–water partition coefficient (Wildman–Crippen LogP) is 2.60. The molecule has 1 aliphatic heterocycles. The fraction of sp³-hybridized carbons (Fsp3) is 0.333. The van der Waals surface area contributed by atoms with Gasteiger partial charge in [-0.3, -0.25) is 0 Å².